The Balaban J connectivity index is 1.45. The van der Waals surface area contributed by atoms with E-state index < -0.39 is 0 Å². The number of aryl methyl sites for hydroxylation is 3. The summed E-state index contributed by atoms with van der Waals surface area (Å²) in [5.41, 5.74) is 3.25. The van der Waals surface area contributed by atoms with Crippen LogP contribution in [-0.2, 0) is 17.8 Å². The van der Waals surface area contributed by atoms with Gasteiger partial charge in [0, 0.05) is 31.0 Å². The monoisotopic (exact) mass is 354 g/mol. The highest BCUT2D eigenvalue weighted by Gasteiger charge is 2.21. The van der Waals surface area contributed by atoms with Gasteiger partial charge in [0.05, 0.1) is 6.54 Å². The Bertz CT molecular complexity index is 744. The predicted octanol–water partition coefficient (Wildman–Crippen LogP) is 3.41. The molecule has 1 fully saturated rings. The Morgan fingerprint density at radius 2 is 2.04 bits per heavy atom. The first kappa shape index (κ1) is 18.6. The minimum Gasteiger partial charge on any atom is -0.335 e. The molecule has 140 valence electrons. The van der Waals surface area contributed by atoms with E-state index in [-0.39, 0.29) is 5.91 Å². The first-order valence-electron chi connectivity index (χ1n) is 9.64. The van der Waals surface area contributed by atoms with Gasteiger partial charge in [-0.05, 0) is 57.3 Å². The summed E-state index contributed by atoms with van der Waals surface area (Å²) in [6, 6.07) is 6.13. The summed E-state index contributed by atoms with van der Waals surface area (Å²) in [6.07, 6.45) is 7.23. The van der Waals surface area contributed by atoms with Crippen LogP contribution in [-0.4, -0.2) is 40.0 Å². The average Bonchev–Trinajstić information content (AvgIpc) is 3.06. The number of amides is 1. The highest BCUT2D eigenvalue weighted by atomic mass is 16.2. The number of anilines is 1. The van der Waals surface area contributed by atoms with Gasteiger partial charge in [-0.2, -0.15) is 0 Å². The van der Waals surface area contributed by atoms with Gasteiger partial charge >= 0.3 is 0 Å². The first-order valence-corrected chi connectivity index (χ1v) is 9.64. The Morgan fingerprint density at radius 1 is 1.27 bits per heavy atom. The summed E-state index contributed by atoms with van der Waals surface area (Å²) in [6.45, 7) is 9.75. The Hall–Kier alpha value is -2.14. The van der Waals surface area contributed by atoms with Crippen LogP contribution in [0.1, 0.15) is 36.7 Å². The topological polar surface area (TPSA) is 50.2 Å². The number of likely N-dealkylation sites (tertiary alicyclic amines) is 1. The van der Waals surface area contributed by atoms with Crippen LogP contribution >= 0.6 is 0 Å². The fraction of sp³-hybridized carbons (Fsp3) is 0.524. The van der Waals surface area contributed by atoms with Crippen molar-refractivity contribution in [1.29, 1.82) is 0 Å². The van der Waals surface area contributed by atoms with Crippen LogP contribution in [0.15, 0.2) is 30.6 Å². The van der Waals surface area contributed by atoms with Crippen molar-refractivity contribution in [2.45, 2.75) is 46.6 Å². The van der Waals surface area contributed by atoms with Crippen molar-refractivity contribution < 1.29 is 4.79 Å². The van der Waals surface area contributed by atoms with Gasteiger partial charge in [-0.1, -0.05) is 24.6 Å². The molecule has 0 saturated carbocycles. The number of rotatable bonds is 6. The minimum absolute atomic E-state index is 0.0817. The lowest BCUT2D eigenvalue weighted by Gasteiger charge is -2.31. The average molecular weight is 354 g/mol. The second kappa shape index (κ2) is 8.49. The van der Waals surface area contributed by atoms with Crippen LogP contribution in [0.5, 0.6) is 0 Å². The quantitative estimate of drug-likeness (QED) is 0.865. The molecule has 2 heterocycles. The van der Waals surface area contributed by atoms with Gasteiger partial charge in [0.2, 0.25) is 5.91 Å². The number of nitrogens with one attached hydrogen (secondary N) is 1. The highest BCUT2D eigenvalue weighted by Crippen LogP contribution is 2.20. The molecule has 5 nitrogen and oxygen atoms in total. The van der Waals surface area contributed by atoms with E-state index in [1.807, 2.05) is 25.3 Å². The van der Waals surface area contributed by atoms with Gasteiger partial charge in [-0.3, -0.25) is 9.69 Å². The van der Waals surface area contributed by atoms with E-state index in [2.05, 4.69) is 45.9 Å². The largest absolute Gasteiger partial charge is 0.335 e. The molecular weight excluding hydrogens is 324 g/mol. The van der Waals surface area contributed by atoms with Gasteiger partial charge < -0.3 is 9.88 Å². The Labute approximate surface area is 156 Å². The maximum absolute atomic E-state index is 12.4. The maximum atomic E-state index is 12.4. The third-order valence-electron chi connectivity index (χ3n) is 5.30. The van der Waals surface area contributed by atoms with Crippen molar-refractivity contribution in [3.05, 3.63) is 47.5 Å². The second-order valence-corrected chi connectivity index (χ2v) is 7.44. The molecule has 0 radical (unpaired) electrons. The number of nitrogens with zero attached hydrogens (tertiary/aromatic N) is 3. The molecule has 1 amide bonds. The molecule has 1 aliphatic heterocycles. The van der Waals surface area contributed by atoms with Crippen molar-refractivity contribution in [2.24, 2.45) is 5.92 Å². The van der Waals surface area contributed by atoms with Gasteiger partial charge in [0.1, 0.15) is 5.82 Å². The van der Waals surface area contributed by atoms with E-state index in [1.165, 1.54) is 11.4 Å². The number of hydrogen-bond donors (Lipinski definition) is 1. The second-order valence-electron chi connectivity index (χ2n) is 7.44. The lowest BCUT2D eigenvalue weighted by atomic mass is 9.96. The molecule has 1 N–H and O–H groups in total. The standard InChI is InChI=1S/C21H30N4O/c1-4-20-22-9-12-25(20)14-18-7-10-24(11-8-18)15-21(26)23-19-6-5-16(2)13-17(19)3/h5-6,9,12-13,18H,4,7-8,10-11,14-15H2,1-3H3,(H,23,26). The zero-order valence-corrected chi connectivity index (χ0v) is 16.2. The molecule has 0 atom stereocenters. The summed E-state index contributed by atoms with van der Waals surface area (Å²) in [5, 5.41) is 3.05. The molecule has 0 unspecified atom stereocenters. The summed E-state index contributed by atoms with van der Waals surface area (Å²) in [4.78, 5) is 19.0. The fourth-order valence-corrected chi connectivity index (χ4v) is 3.77. The SMILES string of the molecule is CCc1nccn1CC1CCN(CC(=O)Nc2ccc(C)cc2C)CC1. The van der Waals surface area contributed by atoms with Crippen LogP contribution in [0.2, 0.25) is 0 Å². The Morgan fingerprint density at radius 3 is 2.73 bits per heavy atom. The first-order chi connectivity index (χ1) is 12.5. The van der Waals surface area contributed by atoms with Crippen molar-refractivity contribution >= 4 is 11.6 Å². The van der Waals surface area contributed by atoms with Crippen LogP contribution in [0.4, 0.5) is 5.69 Å². The summed E-state index contributed by atoms with van der Waals surface area (Å²) in [5.74, 6) is 1.92. The van der Waals surface area contributed by atoms with Crippen molar-refractivity contribution in [3.63, 3.8) is 0 Å². The summed E-state index contributed by atoms with van der Waals surface area (Å²) >= 11 is 0. The Kier molecular flexibility index (Phi) is 6.09. The number of piperidine rings is 1. The molecule has 0 spiro atoms. The molecule has 5 heteroatoms. The molecule has 0 aliphatic carbocycles. The number of carbonyl (C=O) groups is 1. The van der Waals surface area contributed by atoms with Gasteiger partial charge in [0.15, 0.2) is 0 Å². The molecular formula is C21H30N4O. The van der Waals surface area contributed by atoms with E-state index in [1.54, 1.807) is 0 Å². The van der Waals surface area contributed by atoms with Crippen LogP contribution in [0.25, 0.3) is 0 Å². The molecule has 1 saturated heterocycles. The number of hydrogen-bond acceptors (Lipinski definition) is 3. The molecule has 3 rings (SSSR count). The van der Waals surface area contributed by atoms with E-state index in [0.29, 0.717) is 12.5 Å². The normalized spacial score (nSPS) is 16.0. The zero-order chi connectivity index (χ0) is 18.5. The van der Waals surface area contributed by atoms with Crippen LogP contribution in [0, 0.1) is 19.8 Å². The lowest BCUT2D eigenvalue weighted by molar-refractivity contribution is -0.117. The molecule has 26 heavy (non-hydrogen) atoms. The smallest absolute Gasteiger partial charge is 0.238 e. The van der Waals surface area contributed by atoms with E-state index in [9.17, 15) is 4.79 Å². The van der Waals surface area contributed by atoms with Crippen LogP contribution in [0.3, 0.4) is 0 Å². The van der Waals surface area contributed by atoms with Gasteiger partial charge in [-0.25, -0.2) is 4.98 Å². The third kappa shape index (κ3) is 4.73. The number of aromatic nitrogens is 2. The summed E-state index contributed by atoms with van der Waals surface area (Å²) in [7, 11) is 0. The fourth-order valence-electron chi connectivity index (χ4n) is 3.77. The van der Waals surface area contributed by atoms with Crippen LogP contribution < -0.4 is 5.32 Å². The molecule has 2 aromatic rings. The van der Waals surface area contributed by atoms with Gasteiger partial charge in [-0.15, -0.1) is 0 Å². The van der Waals surface area contributed by atoms with E-state index in [0.717, 1.165) is 50.1 Å². The highest BCUT2D eigenvalue weighted by molar-refractivity contribution is 5.93. The van der Waals surface area contributed by atoms with E-state index in [4.69, 9.17) is 0 Å². The molecule has 1 aliphatic rings. The molecule has 1 aromatic carbocycles. The van der Waals surface area contributed by atoms with Crippen molar-refractivity contribution in [3.8, 4) is 0 Å². The van der Waals surface area contributed by atoms with Gasteiger partial charge in [0.25, 0.3) is 0 Å². The van der Waals surface area contributed by atoms with E-state index >= 15 is 0 Å². The molecule has 1 aromatic heterocycles. The third-order valence-corrected chi connectivity index (χ3v) is 5.30. The van der Waals surface area contributed by atoms with Crippen molar-refractivity contribution in [2.75, 3.05) is 25.0 Å². The lowest BCUT2D eigenvalue weighted by Crippen LogP contribution is -2.40. The number of benzene rings is 1. The minimum atomic E-state index is 0.0817. The maximum Gasteiger partial charge on any atom is 0.238 e. The number of imidazole rings is 1. The zero-order valence-electron chi connectivity index (χ0n) is 16.2. The molecule has 0 bridgehead atoms. The van der Waals surface area contributed by atoms with Crippen molar-refractivity contribution in [1.82, 2.24) is 14.5 Å². The number of carbonyl (C=O) groups excluding carboxylic acids is 1. The predicted molar refractivity (Wildman–Crippen MR) is 105 cm³/mol. The summed E-state index contributed by atoms with van der Waals surface area (Å²) < 4.78 is 2.28.